The molecule has 6 rings (SSSR count). The molecule has 3 aromatic rings. The Hall–Kier alpha value is -5.13. The third-order valence-electron chi connectivity index (χ3n) is 9.01. The van der Waals surface area contributed by atoms with E-state index in [-0.39, 0.29) is 30.9 Å². The summed E-state index contributed by atoms with van der Waals surface area (Å²) in [6.45, 7) is 2.33. The molecule has 12 nitrogen and oxygen atoms in total. The highest BCUT2D eigenvalue weighted by atomic mass is 16.7. The highest BCUT2D eigenvalue weighted by molar-refractivity contribution is 6.01. The van der Waals surface area contributed by atoms with Gasteiger partial charge in [0.1, 0.15) is 0 Å². The average molecular weight is 642 g/mol. The first kappa shape index (κ1) is 31.8. The molecule has 3 amide bonds. The lowest BCUT2D eigenvalue weighted by molar-refractivity contribution is -0.137. The van der Waals surface area contributed by atoms with Crippen LogP contribution in [-0.4, -0.2) is 71.7 Å². The van der Waals surface area contributed by atoms with Gasteiger partial charge < -0.3 is 35.0 Å². The lowest BCUT2D eigenvalue weighted by Gasteiger charge is -2.28. The van der Waals surface area contributed by atoms with Crippen molar-refractivity contribution in [3.05, 3.63) is 77.6 Å². The molecule has 1 atom stereocenters. The number of carbonyl (C=O) groups is 4. The summed E-state index contributed by atoms with van der Waals surface area (Å²) in [4.78, 5) is 60.0. The highest BCUT2D eigenvalue weighted by Crippen LogP contribution is 2.34. The Morgan fingerprint density at radius 1 is 0.894 bits per heavy atom. The third kappa shape index (κ3) is 7.65. The van der Waals surface area contributed by atoms with Gasteiger partial charge in [0.05, 0.1) is 23.8 Å². The van der Waals surface area contributed by atoms with E-state index in [2.05, 4.69) is 20.5 Å². The van der Waals surface area contributed by atoms with Gasteiger partial charge in [0.15, 0.2) is 11.5 Å². The Balaban J connectivity index is 1.22. The monoisotopic (exact) mass is 641 g/mol. The number of carboxylic acids is 1. The molecule has 2 fully saturated rings. The fourth-order valence-corrected chi connectivity index (χ4v) is 6.48. The zero-order valence-electron chi connectivity index (χ0n) is 26.2. The zero-order valence-corrected chi connectivity index (χ0v) is 26.2. The van der Waals surface area contributed by atoms with Crippen molar-refractivity contribution in [2.45, 2.75) is 51.0 Å². The minimum Gasteiger partial charge on any atom is -0.481 e. The van der Waals surface area contributed by atoms with E-state index in [4.69, 9.17) is 9.47 Å². The van der Waals surface area contributed by atoms with Crippen molar-refractivity contribution in [1.82, 2.24) is 15.2 Å². The summed E-state index contributed by atoms with van der Waals surface area (Å²) in [5.41, 5.74) is 2.68. The normalized spacial score (nSPS) is 17.0. The lowest BCUT2D eigenvalue weighted by atomic mass is 9.88. The molecule has 3 heterocycles. The van der Waals surface area contributed by atoms with Gasteiger partial charge >= 0.3 is 5.97 Å². The summed E-state index contributed by atoms with van der Waals surface area (Å²) in [5, 5.41) is 15.5. The SMILES string of the molecule is O=C(O)CC(NC(=O)c1ccc(N2CCCN(C(=O)c3ccc4c(c3)OCO4)CC2)c(NC(=O)C2CCCCC2)c1)c1cccnc1. The van der Waals surface area contributed by atoms with Crippen LogP contribution in [0.5, 0.6) is 11.5 Å². The molecule has 47 heavy (non-hydrogen) atoms. The van der Waals surface area contributed by atoms with Gasteiger partial charge in [-0.25, -0.2) is 0 Å². The Bertz CT molecular complexity index is 1630. The molecule has 0 spiro atoms. The Kier molecular flexibility index (Phi) is 9.84. The average Bonchev–Trinajstić information content (AvgIpc) is 3.43. The summed E-state index contributed by atoms with van der Waals surface area (Å²) in [6.07, 6.45) is 8.29. The number of carbonyl (C=O) groups excluding carboxylic acids is 3. The second-order valence-electron chi connectivity index (χ2n) is 12.2. The van der Waals surface area contributed by atoms with Crippen molar-refractivity contribution < 1.29 is 33.8 Å². The van der Waals surface area contributed by atoms with Crippen LogP contribution < -0.4 is 25.0 Å². The number of nitrogens with zero attached hydrogens (tertiary/aromatic N) is 3. The molecule has 246 valence electrons. The van der Waals surface area contributed by atoms with Crippen molar-refractivity contribution in [2.75, 3.05) is 43.2 Å². The number of nitrogens with one attached hydrogen (secondary N) is 2. The number of benzene rings is 2. The van der Waals surface area contributed by atoms with Gasteiger partial charge in [-0.3, -0.25) is 24.2 Å². The predicted molar refractivity (Wildman–Crippen MR) is 174 cm³/mol. The quantitative estimate of drug-likeness (QED) is 0.304. The van der Waals surface area contributed by atoms with Gasteiger partial charge in [-0.05, 0) is 67.3 Å². The fraction of sp³-hybridized carbons (Fsp3) is 0.400. The topological polar surface area (TPSA) is 150 Å². The van der Waals surface area contributed by atoms with Gasteiger partial charge in [0.2, 0.25) is 12.7 Å². The van der Waals surface area contributed by atoms with E-state index in [0.29, 0.717) is 66.5 Å². The summed E-state index contributed by atoms with van der Waals surface area (Å²) in [5.74, 6) is -0.594. The number of ether oxygens (including phenoxy) is 2. The fourth-order valence-electron chi connectivity index (χ4n) is 6.48. The minimum absolute atomic E-state index is 0.0722. The number of aromatic nitrogens is 1. The molecule has 1 saturated carbocycles. The number of hydrogen-bond acceptors (Lipinski definition) is 8. The summed E-state index contributed by atoms with van der Waals surface area (Å²) in [7, 11) is 0. The summed E-state index contributed by atoms with van der Waals surface area (Å²) in [6, 6.07) is 13.0. The molecule has 0 bridgehead atoms. The Morgan fingerprint density at radius 2 is 1.70 bits per heavy atom. The van der Waals surface area contributed by atoms with E-state index in [1.807, 2.05) is 11.0 Å². The van der Waals surface area contributed by atoms with Crippen molar-refractivity contribution in [3.63, 3.8) is 0 Å². The van der Waals surface area contributed by atoms with Crippen LogP contribution in [-0.2, 0) is 9.59 Å². The van der Waals surface area contributed by atoms with Crippen LogP contribution in [0.15, 0.2) is 60.9 Å². The van der Waals surface area contributed by atoms with Gasteiger partial charge in [-0.15, -0.1) is 0 Å². The van der Waals surface area contributed by atoms with E-state index >= 15 is 0 Å². The first-order valence-electron chi connectivity index (χ1n) is 16.2. The number of rotatable bonds is 9. The van der Waals surface area contributed by atoms with Gasteiger partial charge in [0, 0.05) is 55.6 Å². The number of fused-ring (bicyclic) bond motifs is 1. The van der Waals surface area contributed by atoms with E-state index in [1.54, 1.807) is 48.7 Å². The van der Waals surface area contributed by atoms with Crippen molar-refractivity contribution in [3.8, 4) is 11.5 Å². The predicted octanol–water partition coefficient (Wildman–Crippen LogP) is 4.63. The van der Waals surface area contributed by atoms with Crippen molar-refractivity contribution in [2.24, 2.45) is 5.92 Å². The molecule has 3 aliphatic rings. The number of pyridine rings is 1. The molecule has 12 heteroatoms. The van der Waals surface area contributed by atoms with Crippen LogP contribution in [0.1, 0.15) is 77.3 Å². The zero-order chi connectivity index (χ0) is 32.8. The van der Waals surface area contributed by atoms with E-state index < -0.39 is 17.9 Å². The second kappa shape index (κ2) is 14.5. The van der Waals surface area contributed by atoms with Crippen LogP contribution in [0.4, 0.5) is 11.4 Å². The number of anilines is 2. The van der Waals surface area contributed by atoms with E-state index in [1.165, 1.54) is 6.20 Å². The van der Waals surface area contributed by atoms with Crippen LogP contribution in [0.2, 0.25) is 0 Å². The molecular weight excluding hydrogens is 602 g/mol. The number of hydrogen-bond donors (Lipinski definition) is 3. The van der Waals surface area contributed by atoms with Crippen LogP contribution in [0, 0.1) is 5.92 Å². The Labute approximate surface area is 273 Å². The first-order valence-corrected chi connectivity index (χ1v) is 16.2. The number of carboxylic acid groups (broad SMARTS) is 1. The maximum Gasteiger partial charge on any atom is 0.305 e. The highest BCUT2D eigenvalue weighted by Gasteiger charge is 2.27. The second-order valence-corrected chi connectivity index (χ2v) is 12.2. The van der Waals surface area contributed by atoms with Crippen molar-refractivity contribution >= 4 is 35.1 Å². The Morgan fingerprint density at radius 3 is 2.49 bits per heavy atom. The molecule has 1 unspecified atom stereocenters. The molecule has 2 aliphatic heterocycles. The number of amides is 3. The number of aliphatic carboxylic acids is 1. The minimum atomic E-state index is -1.05. The molecular formula is C35H39N5O7. The van der Waals surface area contributed by atoms with Crippen LogP contribution >= 0.6 is 0 Å². The van der Waals surface area contributed by atoms with E-state index in [9.17, 15) is 24.3 Å². The molecule has 2 aromatic carbocycles. The maximum absolute atomic E-state index is 13.5. The maximum atomic E-state index is 13.5. The van der Waals surface area contributed by atoms with Crippen LogP contribution in [0.3, 0.4) is 0 Å². The van der Waals surface area contributed by atoms with Gasteiger partial charge in [-0.2, -0.15) is 0 Å². The molecule has 1 aliphatic carbocycles. The van der Waals surface area contributed by atoms with Crippen LogP contribution in [0.25, 0.3) is 0 Å². The molecule has 0 radical (unpaired) electrons. The standard InChI is InChI=1S/C35H39N5O7/c41-32(42)20-27(26-8-4-13-36-21-26)37-34(44)24-9-11-29(28(18-24)38-33(43)23-6-2-1-3-7-23)39-14-5-15-40(17-16-39)35(45)25-10-12-30-31(19-25)47-22-46-30/h4,8-13,18-19,21,23,27H,1-3,5-7,14-17,20,22H2,(H,37,44)(H,38,43)(H,41,42). The third-order valence-corrected chi connectivity index (χ3v) is 9.01. The lowest BCUT2D eigenvalue weighted by Crippen LogP contribution is -2.35. The van der Waals surface area contributed by atoms with Crippen molar-refractivity contribution in [1.29, 1.82) is 0 Å². The van der Waals surface area contributed by atoms with E-state index in [0.717, 1.165) is 37.8 Å². The van der Waals surface area contributed by atoms with Gasteiger partial charge in [0.25, 0.3) is 11.8 Å². The largest absolute Gasteiger partial charge is 0.481 e. The smallest absolute Gasteiger partial charge is 0.305 e. The van der Waals surface area contributed by atoms with Gasteiger partial charge in [-0.1, -0.05) is 25.3 Å². The molecule has 1 aromatic heterocycles. The molecule has 1 saturated heterocycles. The summed E-state index contributed by atoms with van der Waals surface area (Å²) >= 11 is 0. The first-order chi connectivity index (χ1) is 22.9. The molecule has 3 N–H and O–H groups in total. The summed E-state index contributed by atoms with van der Waals surface area (Å²) < 4.78 is 10.8.